The highest BCUT2D eigenvalue weighted by molar-refractivity contribution is 5.91. The lowest BCUT2D eigenvalue weighted by Gasteiger charge is -2.27. The van der Waals surface area contributed by atoms with Crippen LogP contribution in [0.25, 0.3) is 0 Å². The molecule has 9 nitrogen and oxygen atoms in total. The molecule has 5 rings (SSSR count). The van der Waals surface area contributed by atoms with Gasteiger partial charge in [0.25, 0.3) is 0 Å². The monoisotopic (exact) mass is 700 g/mol. The molecule has 0 unspecified atom stereocenters. The van der Waals surface area contributed by atoms with Crippen molar-refractivity contribution in [1.82, 2.24) is 0 Å². The van der Waals surface area contributed by atoms with Gasteiger partial charge in [0.05, 0.1) is 35.5 Å². The number of esters is 4. The van der Waals surface area contributed by atoms with Gasteiger partial charge in [-0.3, -0.25) is 0 Å². The second kappa shape index (κ2) is 20.0. The first-order chi connectivity index (χ1) is 25.4. The molecule has 0 spiro atoms. The summed E-state index contributed by atoms with van der Waals surface area (Å²) in [4.78, 5) is 52.9. The van der Waals surface area contributed by atoms with Crippen molar-refractivity contribution in [3.05, 3.63) is 179 Å². The molecule has 0 radical (unpaired) electrons. The average molecular weight is 701 g/mol. The van der Waals surface area contributed by atoms with Gasteiger partial charge in [-0.1, -0.05) is 103 Å². The zero-order valence-electron chi connectivity index (χ0n) is 28.6. The maximum atomic E-state index is 13.4. The van der Waals surface area contributed by atoms with E-state index in [1.807, 2.05) is 30.3 Å². The molecule has 0 fully saturated rings. The normalized spacial score (nSPS) is 12.5. The van der Waals surface area contributed by atoms with Crippen molar-refractivity contribution in [2.24, 2.45) is 0 Å². The van der Waals surface area contributed by atoms with E-state index >= 15 is 0 Å². The predicted octanol–water partition coefficient (Wildman–Crippen LogP) is 7.91. The highest BCUT2D eigenvalue weighted by Gasteiger charge is 2.30. The summed E-state index contributed by atoms with van der Waals surface area (Å²) in [6.45, 7) is 0.277. The van der Waals surface area contributed by atoms with Crippen LogP contribution in [0.4, 0.5) is 0 Å². The van der Waals surface area contributed by atoms with Crippen molar-refractivity contribution in [2.45, 2.75) is 44.2 Å². The Hall–Kier alpha value is -6.06. The Balaban J connectivity index is 1.37. The van der Waals surface area contributed by atoms with Crippen molar-refractivity contribution < 1.29 is 42.9 Å². The first kappa shape index (κ1) is 37.2. The Morgan fingerprint density at radius 1 is 0.423 bits per heavy atom. The highest BCUT2D eigenvalue weighted by Crippen LogP contribution is 2.22. The summed E-state index contributed by atoms with van der Waals surface area (Å²) < 4.78 is 29.4. The fourth-order valence-corrected chi connectivity index (χ4v) is 5.34. The summed E-state index contributed by atoms with van der Waals surface area (Å²) in [5.74, 6) is -2.42. The van der Waals surface area contributed by atoms with Crippen LogP contribution in [0.3, 0.4) is 0 Å². The predicted molar refractivity (Wildman–Crippen MR) is 194 cm³/mol. The molecule has 0 bridgehead atoms. The highest BCUT2D eigenvalue weighted by atomic mass is 16.6. The van der Waals surface area contributed by atoms with Crippen molar-refractivity contribution in [1.29, 1.82) is 0 Å². The summed E-state index contributed by atoms with van der Waals surface area (Å²) in [7, 11) is 0. The lowest BCUT2D eigenvalue weighted by Crippen LogP contribution is -2.35. The zero-order chi connectivity index (χ0) is 36.4. The first-order valence-electron chi connectivity index (χ1n) is 17.1. The standard InChI is InChI=1S/C43H40O9/c44-40(33-18-8-2-9-19-33)49-31-39(52-43(47)36-24-14-5-15-25-36)29-38(51-42(46)35-22-12-4-13-23-35)28-37(50-41(45)34-20-10-3-11-21-34)26-27-48-30-32-16-6-1-7-17-32/h1-25,37-39H,26-31H2/t37-,38-,39+/m1/s1. The molecular formula is C43H40O9. The maximum absolute atomic E-state index is 13.4. The third-order valence-electron chi connectivity index (χ3n) is 8.01. The van der Waals surface area contributed by atoms with E-state index in [9.17, 15) is 19.2 Å². The van der Waals surface area contributed by atoms with Crippen LogP contribution in [0.2, 0.25) is 0 Å². The molecule has 0 aliphatic rings. The van der Waals surface area contributed by atoms with E-state index in [1.165, 1.54) is 0 Å². The van der Waals surface area contributed by atoms with Gasteiger partial charge in [-0.15, -0.1) is 0 Å². The Morgan fingerprint density at radius 2 is 0.788 bits per heavy atom. The minimum Gasteiger partial charge on any atom is -0.459 e. The van der Waals surface area contributed by atoms with Gasteiger partial charge in [0, 0.05) is 19.3 Å². The first-order valence-corrected chi connectivity index (χ1v) is 17.1. The fraction of sp³-hybridized carbons (Fsp3) is 0.209. The average Bonchev–Trinajstić information content (AvgIpc) is 3.20. The van der Waals surface area contributed by atoms with E-state index in [0.717, 1.165) is 5.56 Å². The molecular weight excluding hydrogens is 660 g/mol. The molecule has 0 amide bonds. The van der Waals surface area contributed by atoms with E-state index in [1.54, 1.807) is 121 Å². The zero-order valence-corrected chi connectivity index (χ0v) is 28.6. The van der Waals surface area contributed by atoms with Crippen LogP contribution in [0.5, 0.6) is 0 Å². The van der Waals surface area contributed by atoms with Crippen LogP contribution in [0.1, 0.15) is 66.3 Å². The maximum Gasteiger partial charge on any atom is 0.338 e. The Kier molecular flexibility index (Phi) is 14.3. The van der Waals surface area contributed by atoms with Crippen LogP contribution in [0, 0.1) is 0 Å². The SMILES string of the molecule is O=C(OC[C@H](C[C@@H](C[C@@H](CCOCc1ccccc1)OC(=O)c1ccccc1)OC(=O)c1ccccc1)OC(=O)c1ccccc1)c1ccccc1. The molecule has 0 saturated heterocycles. The Bertz CT molecular complexity index is 1830. The van der Waals surface area contributed by atoms with Gasteiger partial charge in [-0.25, -0.2) is 19.2 Å². The second-order valence-electron chi connectivity index (χ2n) is 11.9. The molecule has 0 saturated carbocycles. The van der Waals surface area contributed by atoms with Gasteiger partial charge in [0.15, 0.2) is 0 Å². The van der Waals surface area contributed by atoms with Gasteiger partial charge in [0.2, 0.25) is 0 Å². The summed E-state index contributed by atoms with van der Waals surface area (Å²) in [5.41, 5.74) is 2.28. The number of rotatable bonds is 18. The molecule has 3 atom stereocenters. The largest absolute Gasteiger partial charge is 0.459 e. The molecule has 52 heavy (non-hydrogen) atoms. The van der Waals surface area contributed by atoms with Crippen molar-refractivity contribution in [2.75, 3.05) is 13.2 Å². The van der Waals surface area contributed by atoms with Gasteiger partial charge < -0.3 is 23.7 Å². The quantitative estimate of drug-likeness (QED) is 0.0511. The molecule has 5 aromatic carbocycles. The van der Waals surface area contributed by atoms with E-state index < -0.39 is 42.2 Å². The molecule has 0 aliphatic heterocycles. The second-order valence-corrected chi connectivity index (χ2v) is 11.9. The molecule has 266 valence electrons. The van der Waals surface area contributed by atoms with E-state index in [0.29, 0.717) is 28.9 Å². The minimum atomic E-state index is -1.03. The smallest absolute Gasteiger partial charge is 0.338 e. The molecule has 0 aliphatic carbocycles. The number of hydrogen-bond donors (Lipinski definition) is 0. The molecule has 0 N–H and O–H groups in total. The van der Waals surface area contributed by atoms with Crippen molar-refractivity contribution in [3.8, 4) is 0 Å². The number of carbonyl (C=O) groups is 4. The van der Waals surface area contributed by atoms with Gasteiger partial charge in [-0.05, 0) is 54.1 Å². The van der Waals surface area contributed by atoms with Crippen LogP contribution in [-0.2, 0) is 30.3 Å². The van der Waals surface area contributed by atoms with E-state index in [-0.39, 0.29) is 32.5 Å². The van der Waals surface area contributed by atoms with Crippen molar-refractivity contribution in [3.63, 3.8) is 0 Å². The topological polar surface area (TPSA) is 114 Å². The van der Waals surface area contributed by atoms with Gasteiger partial charge in [0.1, 0.15) is 24.9 Å². The molecule has 9 heteroatoms. The van der Waals surface area contributed by atoms with Crippen molar-refractivity contribution >= 4 is 23.9 Å². The Labute approximate surface area is 303 Å². The summed E-state index contributed by atoms with van der Waals surface area (Å²) in [6, 6.07) is 43.5. The molecule has 5 aromatic rings. The minimum absolute atomic E-state index is 0.0395. The number of ether oxygens (including phenoxy) is 5. The fourth-order valence-electron chi connectivity index (χ4n) is 5.34. The summed E-state index contributed by atoms with van der Waals surface area (Å²) in [6.07, 6.45) is -2.49. The van der Waals surface area contributed by atoms with E-state index in [2.05, 4.69) is 0 Å². The van der Waals surface area contributed by atoms with E-state index in [4.69, 9.17) is 23.7 Å². The summed E-state index contributed by atoms with van der Waals surface area (Å²) in [5, 5.41) is 0. The number of benzene rings is 5. The molecule has 0 aromatic heterocycles. The van der Waals surface area contributed by atoms with Crippen LogP contribution in [0.15, 0.2) is 152 Å². The number of hydrogen-bond acceptors (Lipinski definition) is 9. The molecule has 0 heterocycles. The Morgan fingerprint density at radius 3 is 1.25 bits per heavy atom. The lowest BCUT2D eigenvalue weighted by atomic mass is 10.0. The van der Waals surface area contributed by atoms with Crippen LogP contribution < -0.4 is 0 Å². The van der Waals surface area contributed by atoms with Crippen LogP contribution in [-0.4, -0.2) is 55.4 Å². The summed E-state index contributed by atoms with van der Waals surface area (Å²) >= 11 is 0. The third kappa shape index (κ3) is 12.1. The number of carbonyl (C=O) groups excluding carboxylic acids is 4. The van der Waals surface area contributed by atoms with Crippen LogP contribution >= 0.6 is 0 Å². The van der Waals surface area contributed by atoms with Gasteiger partial charge in [-0.2, -0.15) is 0 Å². The lowest BCUT2D eigenvalue weighted by molar-refractivity contribution is -0.0377. The van der Waals surface area contributed by atoms with Gasteiger partial charge >= 0.3 is 23.9 Å². The third-order valence-corrected chi connectivity index (χ3v) is 8.01.